The van der Waals surface area contributed by atoms with Gasteiger partial charge in [0.15, 0.2) is 0 Å². The minimum Gasteiger partial charge on any atom is -0.326 e. The van der Waals surface area contributed by atoms with E-state index in [0.717, 1.165) is 16.7 Å². The highest BCUT2D eigenvalue weighted by Gasteiger charge is 2.04. The van der Waals surface area contributed by atoms with Crippen molar-refractivity contribution in [2.24, 2.45) is 5.73 Å². The van der Waals surface area contributed by atoms with Gasteiger partial charge in [0.05, 0.1) is 0 Å². The monoisotopic (exact) mass is 258 g/mol. The third-order valence-electron chi connectivity index (χ3n) is 2.71. The molecular formula is C15H15FN2O. The van der Waals surface area contributed by atoms with E-state index in [4.69, 9.17) is 5.73 Å². The number of nitrogens with one attached hydrogen (secondary N) is 1. The van der Waals surface area contributed by atoms with Crippen LogP contribution in [-0.4, -0.2) is 5.91 Å². The van der Waals surface area contributed by atoms with Gasteiger partial charge in [-0.05, 0) is 47.0 Å². The molecule has 1 amide bonds. The van der Waals surface area contributed by atoms with Crippen LogP contribution >= 0.6 is 0 Å². The average molecular weight is 258 g/mol. The van der Waals surface area contributed by atoms with E-state index in [2.05, 4.69) is 5.32 Å². The summed E-state index contributed by atoms with van der Waals surface area (Å²) in [5.74, 6) is -0.457. The summed E-state index contributed by atoms with van der Waals surface area (Å²) in [5, 5.41) is 2.70. The number of rotatable bonds is 3. The van der Waals surface area contributed by atoms with Crippen LogP contribution in [0.15, 0.2) is 42.5 Å². The lowest BCUT2D eigenvalue weighted by Gasteiger charge is -2.08. The maximum atomic E-state index is 13.5. The van der Waals surface area contributed by atoms with E-state index in [9.17, 15) is 9.18 Å². The molecule has 0 aromatic heterocycles. The molecule has 0 aliphatic rings. The van der Waals surface area contributed by atoms with Crippen molar-refractivity contribution in [3.05, 3.63) is 53.8 Å². The van der Waals surface area contributed by atoms with Crippen molar-refractivity contribution >= 4 is 11.6 Å². The van der Waals surface area contributed by atoms with E-state index in [1.807, 2.05) is 18.2 Å². The molecular weight excluding hydrogens is 243 g/mol. The van der Waals surface area contributed by atoms with E-state index in [-0.39, 0.29) is 18.3 Å². The van der Waals surface area contributed by atoms with Gasteiger partial charge in [-0.2, -0.15) is 0 Å². The number of hydrogen-bond acceptors (Lipinski definition) is 2. The molecule has 0 radical (unpaired) electrons. The Balaban J connectivity index is 2.41. The van der Waals surface area contributed by atoms with Crippen molar-refractivity contribution in [3.8, 4) is 11.1 Å². The predicted octanol–water partition coefficient (Wildman–Crippen LogP) is 2.91. The van der Waals surface area contributed by atoms with Gasteiger partial charge in [0.1, 0.15) is 5.82 Å². The van der Waals surface area contributed by atoms with Gasteiger partial charge in [-0.1, -0.05) is 12.1 Å². The predicted molar refractivity (Wildman–Crippen MR) is 74.0 cm³/mol. The molecule has 0 aliphatic carbocycles. The Labute approximate surface area is 111 Å². The Morgan fingerprint density at radius 3 is 2.68 bits per heavy atom. The summed E-state index contributed by atoms with van der Waals surface area (Å²) in [4.78, 5) is 11.0. The number of amides is 1. The first-order valence-corrected chi connectivity index (χ1v) is 5.96. The van der Waals surface area contributed by atoms with Crippen LogP contribution in [0.4, 0.5) is 10.1 Å². The van der Waals surface area contributed by atoms with Crippen LogP contribution in [0.5, 0.6) is 0 Å². The Kier molecular flexibility index (Phi) is 3.92. The fourth-order valence-corrected chi connectivity index (χ4v) is 1.91. The van der Waals surface area contributed by atoms with E-state index < -0.39 is 0 Å². The lowest BCUT2D eigenvalue weighted by atomic mass is 10.0. The first kappa shape index (κ1) is 13.2. The van der Waals surface area contributed by atoms with Crippen molar-refractivity contribution in [2.75, 3.05) is 5.32 Å². The van der Waals surface area contributed by atoms with Gasteiger partial charge in [-0.25, -0.2) is 4.39 Å². The zero-order valence-electron chi connectivity index (χ0n) is 10.6. The quantitative estimate of drug-likeness (QED) is 0.889. The topological polar surface area (TPSA) is 55.1 Å². The van der Waals surface area contributed by atoms with Crippen LogP contribution in [-0.2, 0) is 11.3 Å². The molecule has 0 spiro atoms. The number of nitrogens with two attached hydrogens (primary N) is 1. The summed E-state index contributed by atoms with van der Waals surface area (Å²) in [7, 11) is 0. The summed E-state index contributed by atoms with van der Waals surface area (Å²) in [5.41, 5.74) is 8.53. The summed E-state index contributed by atoms with van der Waals surface area (Å²) >= 11 is 0. The summed E-state index contributed by atoms with van der Waals surface area (Å²) in [6.45, 7) is 1.73. The highest BCUT2D eigenvalue weighted by molar-refractivity contribution is 5.89. The molecule has 0 fully saturated rings. The Hall–Kier alpha value is -2.20. The molecule has 19 heavy (non-hydrogen) atoms. The molecule has 2 rings (SSSR count). The van der Waals surface area contributed by atoms with Gasteiger partial charge in [0, 0.05) is 19.2 Å². The van der Waals surface area contributed by atoms with E-state index in [1.54, 1.807) is 12.1 Å². The first-order chi connectivity index (χ1) is 9.08. The molecule has 0 saturated carbocycles. The van der Waals surface area contributed by atoms with Crippen molar-refractivity contribution in [1.29, 1.82) is 0 Å². The van der Waals surface area contributed by atoms with Gasteiger partial charge in [0.2, 0.25) is 5.91 Å². The number of benzene rings is 2. The Bertz CT molecular complexity index is 611. The maximum Gasteiger partial charge on any atom is 0.221 e. The second-order valence-corrected chi connectivity index (χ2v) is 4.31. The number of hydrogen-bond donors (Lipinski definition) is 2. The molecule has 4 heteroatoms. The molecule has 0 heterocycles. The van der Waals surface area contributed by atoms with E-state index in [0.29, 0.717) is 5.69 Å². The standard InChI is InChI=1S/C15H15FN2O/c1-10(19)18-15-4-2-3-12(8-15)13-5-11(9-17)6-14(16)7-13/h2-8H,9,17H2,1H3,(H,18,19). The summed E-state index contributed by atoms with van der Waals surface area (Å²) < 4.78 is 13.5. The second-order valence-electron chi connectivity index (χ2n) is 4.31. The first-order valence-electron chi connectivity index (χ1n) is 5.96. The van der Waals surface area contributed by atoms with Crippen LogP contribution in [0.25, 0.3) is 11.1 Å². The van der Waals surface area contributed by atoms with Gasteiger partial charge in [-0.15, -0.1) is 0 Å². The normalized spacial score (nSPS) is 10.3. The maximum absolute atomic E-state index is 13.5. The highest BCUT2D eigenvalue weighted by Crippen LogP contribution is 2.24. The number of carbonyl (C=O) groups excluding carboxylic acids is 1. The molecule has 0 unspecified atom stereocenters. The van der Waals surface area contributed by atoms with Crippen LogP contribution < -0.4 is 11.1 Å². The van der Waals surface area contributed by atoms with Crippen LogP contribution in [0.3, 0.4) is 0 Å². The fourth-order valence-electron chi connectivity index (χ4n) is 1.91. The smallest absolute Gasteiger partial charge is 0.221 e. The van der Waals surface area contributed by atoms with Crippen molar-refractivity contribution < 1.29 is 9.18 Å². The lowest BCUT2D eigenvalue weighted by Crippen LogP contribution is -2.05. The number of anilines is 1. The minimum atomic E-state index is -0.317. The van der Waals surface area contributed by atoms with Crippen LogP contribution in [0, 0.1) is 5.82 Å². The highest BCUT2D eigenvalue weighted by atomic mass is 19.1. The Morgan fingerprint density at radius 1 is 1.21 bits per heavy atom. The lowest BCUT2D eigenvalue weighted by molar-refractivity contribution is -0.114. The summed E-state index contributed by atoms with van der Waals surface area (Å²) in [6, 6.07) is 12.0. The zero-order chi connectivity index (χ0) is 13.8. The van der Waals surface area contributed by atoms with E-state index in [1.165, 1.54) is 19.1 Å². The molecule has 3 nitrogen and oxygen atoms in total. The molecule has 0 saturated heterocycles. The Morgan fingerprint density at radius 2 is 2.00 bits per heavy atom. The largest absolute Gasteiger partial charge is 0.326 e. The summed E-state index contributed by atoms with van der Waals surface area (Å²) in [6.07, 6.45) is 0. The van der Waals surface area contributed by atoms with Crippen molar-refractivity contribution in [3.63, 3.8) is 0 Å². The molecule has 2 aromatic rings. The van der Waals surface area contributed by atoms with Gasteiger partial charge in [-0.3, -0.25) is 4.79 Å². The SMILES string of the molecule is CC(=O)Nc1cccc(-c2cc(F)cc(CN)c2)c1. The number of halogens is 1. The molecule has 0 bridgehead atoms. The molecule has 3 N–H and O–H groups in total. The third-order valence-corrected chi connectivity index (χ3v) is 2.71. The third kappa shape index (κ3) is 3.39. The molecule has 0 atom stereocenters. The number of carbonyl (C=O) groups is 1. The van der Waals surface area contributed by atoms with Crippen LogP contribution in [0.1, 0.15) is 12.5 Å². The average Bonchev–Trinajstić information content (AvgIpc) is 2.37. The van der Waals surface area contributed by atoms with Crippen LogP contribution in [0.2, 0.25) is 0 Å². The van der Waals surface area contributed by atoms with Crippen molar-refractivity contribution in [1.82, 2.24) is 0 Å². The van der Waals surface area contributed by atoms with E-state index >= 15 is 0 Å². The molecule has 0 aliphatic heterocycles. The zero-order valence-corrected chi connectivity index (χ0v) is 10.6. The second kappa shape index (κ2) is 5.63. The van der Waals surface area contributed by atoms with Crippen molar-refractivity contribution in [2.45, 2.75) is 13.5 Å². The van der Waals surface area contributed by atoms with Gasteiger partial charge < -0.3 is 11.1 Å². The molecule has 98 valence electrons. The van der Waals surface area contributed by atoms with Gasteiger partial charge in [0.25, 0.3) is 0 Å². The fraction of sp³-hybridized carbons (Fsp3) is 0.133. The minimum absolute atomic E-state index is 0.140. The molecule has 2 aromatic carbocycles. The van der Waals surface area contributed by atoms with Gasteiger partial charge >= 0.3 is 0 Å².